The molecule has 11 heteroatoms. The van der Waals surface area contributed by atoms with E-state index in [1.54, 1.807) is 6.92 Å². The summed E-state index contributed by atoms with van der Waals surface area (Å²) in [5, 5.41) is -0.156. The number of carbonyl (C=O) groups is 1. The third-order valence-corrected chi connectivity index (χ3v) is 5.95. The number of nitrogens with zero attached hydrogens (tertiary/aromatic N) is 2. The van der Waals surface area contributed by atoms with Crippen LogP contribution in [0, 0.1) is 11.6 Å². The number of hydrogen-bond donors (Lipinski definition) is 2. The molecule has 0 spiro atoms. The van der Waals surface area contributed by atoms with Crippen LogP contribution in [0.2, 0.25) is 5.02 Å². The van der Waals surface area contributed by atoms with Gasteiger partial charge in [0, 0.05) is 12.0 Å². The fourth-order valence-electron chi connectivity index (χ4n) is 2.56. The Balaban J connectivity index is 2.05. The van der Waals surface area contributed by atoms with Crippen LogP contribution in [0.1, 0.15) is 23.8 Å². The molecule has 30 heavy (non-hydrogen) atoms. The van der Waals surface area contributed by atoms with E-state index in [1.165, 1.54) is 24.4 Å². The number of hydrogen-bond acceptors (Lipinski definition) is 6. The van der Waals surface area contributed by atoms with Gasteiger partial charge in [0.05, 0.1) is 22.6 Å². The van der Waals surface area contributed by atoms with Gasteiger partial charge in [-0.3, -0.25) is 9.52 Å². The number of rotatable bonds is 6. The number of sulfonamides is 1. The zero-order valence-corrected chi connectivity index (χ0v) is 17.1. The van der Waals surface area contributed by atoms with Crippen molar-refractivity contribution < 1.29 is 22.0 Å². The molecule has 3 N–H and O–H groups in total. The van der Waals surface area contributed by atoms with Crippen LogP contribution in [-0.4, -0.2) is 24.2 Å². The fraction of sp³-hybridized carbons (Fsp3) is 0.105. The van der Waals surface area contributed by atoms with Crippen molar-refractivity contribution in [3.63, 3.8) is 0 Å². The van der Waals surface area contributed by atoms with Crippen LogP contribution in [0.4, 0.5) is 20.3 Å². The molecule has 0 unspecified atom stereocenters. The van der Waals surface area contributed by atoms with Crippen LogP contribution in [-0.2, 0) is 10.0 Å². The lowest BCUT2D eigenvalue weighted by Gasteiger charge is -2.12. The van der Waals surface area contributed by atoms with Gasteiger partial charge >= 0.3 is 0 Å². The molecule has 156 valence electrons. The van der Waals surface area contributed by atoms with E-state index in [9.17, 15) is 22.0 Å². The number of aromatic nitrogens is 2. The van der Waals surface area contributed by atoms with Gasteiger partial charge in [-0.2, -0.15) is 0 Å². The van der Waals surface area contributed by atoms with Crippen LogP contribution in [0.5, 0.6) is 0 Å². The summed E-state index contributed by atoms with van der Waals surface area (Å²) in [6.07, 6.45) is 1.44. The molecule has 0 amide bonds. The van der Waals surface area contributed by atoms with Gasteiger partial charge < -0.3 is 5.73 Å². The summed E-state index contributed by atoms with van der Waals surface area (Å²) in [6.45, 7) is 1.64. The molecule has 3 aromatic rings. The molecule has 0 saturated carbocycles. The number of anilines is 2. The minimum absolute atomic E-state index is 0.0330. The molecular formula is C19H15ClF2N4O3S. The van der Waals surface area contributed by atoms with Crippen LogP contribution >= 0.6 is 11.6 Å². The van der Waals surface area contributed by atoms with Gasteiger partial charge in [-0.05, 0) is 24.3 Å². The number of nitrogens with two attached hydrogens (primary N) is 1. The molecule has 0 bridgehead atoms. The van der Waals surface area contributed by atoms with Crippen molar-refractivity contribution in [3.05, 3.63) is 64.9 Å². The zero-order valence-electron chi connectivity index (χ0n) is 15.5. The minimum atomic E-state index is -4.38. The van der Waals surface area contributed by atoms with Crippen molar-refractivity contribution in [1.82, 2.24) is 9.97 Å². The highest BCUT2D eigenvalue weighted by Crippen LogP contribution is 2.30. The number of nitrogens with one attached hydrogen (secondary N) is 1. The summed E-state index contributed by atoms with van der Waals surface area (Å²) in [5.41, 5.74) is 5.55. The van der Waals surface area contributed by atoms with Crippen LogP contribution in [0.3, 0.4) is 0 Å². The molecule has 0 atom stereocenters. The summed E-state index contributed by atoms with van der Waals surface area (Å²) < 4.78 is 54.8. The second-order valence-electron chi connectivity index (χ2n) is 6.12. The maximum absolute atomic E-state index is 13.9. The van der Waals surface area contributed by atoms with E-state index in [4.69, 9.17) is 17.3 Å². The Kier molecular flexibility index (Phi) is 5.99. The average molecular weight is 453 g/mol. The Morgan fingerprint density at radius 3 is 2.67 bits per heavy atom. The highest BCUT2D eigenvalue weighted by Gasteiger charge is 2.22. The molecule has 0 radical (unpaired) electrons. The first-order valence-corrected chi connectivity index (χ1v) is 10.4. The molecule has 0 aliphatic heterocycles. The molecule has 3 rings (SSSR count). The molecule has 0 aliphatic rings. The highest BCUT2D eigenvalue weighted by molar-refractivity contribution is 7.92. The number of nitrogen functional groups attached to an aromatic ring is 1. The van der Waals surface area contributed by atoms with Crippen molar-refractivity contribution in [2.45, 2.75) is 18.2 Å². The quantitative estimate of drug-likeness (QED) is 0.545. The summed E-state index contributed by atoms with van der Waals surface area (Å²) >= 11 is 6.04. The number of ketones is 1. The van der Waals surface area contributed by atoms with Gasteiger partial charge in [-0.15, -0.1) is 0 Å². The molecule has 1 aromatic heterocycles. The Hall–Kier alpha value is -3.11. The van der Waals surface area contributed by atoms with Crippen LogP contribution in [0.25, 0.3) is 11.3 Å². The Labute approximate surface area is 176 Å². The SMILES string of the molecule is CCC(=O)c1nc(-c2ccc(Cl)c(S(=O)(=O)Nc3cccc(F)c3F)c2)cnc1N. The second-order valence-corrected chi connectivity index (χ2v) is 8.18. The van der Waals surface area contributed by atoms with Crippen molar-refractivity contribution in [3.8, 4) is 11.3 Å². The molecule has 0 aliphatic carbocycles. The number of halogens is 3. The summed E-state index contributed by atoms with van der Waals surface area (Å²) in [5.74, 6) is -2.93. The van der Waals surface area contributed by atoms with Crippen molar-refractivity contribution >= 4 is 38.9 Å². The highest BCUT2D eigenvalue weighted by atomic mass is 35.5. The summed E-state index contributed by atoms with van der Waals surface area (Å²) in [7, 11) is -4.38. The van der Waals surface area contributed by atoms with Crippen molar-refractivity contribution in [2.75, 3.05) is 10.5 Å². The van der Waals surface area contributed by atoms with Gasteiger partial charge in [0.2, 0.25) is 0 Å². The third-order valence-electron chi connectivity index (χ3n) is 4.10. The lowest BCUT2D eigenvalue weighted by atomic mass is 10.1. The maximum atomic E-state index is 13.9. The van der Waals surface area contributed by atoms with Gasteiger partial charge in [0.15, 0.2) is 23.2 Å². The Morgan fingerprint density at radius 2 is 1.97 bits per heavy atom. The van der Waals surface area contributed by atoms with E-state index in [1.807, 2.05) is 4.72 Å². The predicted octanol–water partition coefficient (Wildman–Crippen LogP) is 4.05. The standard InChI is InChI=1S/C19H15ClF2N4O3S/c1-2-15(27)18-19(23)24-9-14(25-18)10-6-7-11(20)16(8-10)30(28,29)26-13-5-3-4-12(21)17(13)22/h3-9,26H,2H2,1H3,(H2,23,24). The van der Waals surface area contributed by atoms with Gasteiger partial charge in [0.25, 0.3) is 10.0 Å². The summed E-state index contributed by atoms with van der Waals surface area (Å²) in [6, 6.07) is 7.04. The minimum Gasteiger partial charge on any atom is -0.382 e. The van der Waals surface area contributed by atoms with Gasteiger partial charge in [-0.1, -0.05) is 30.7 Å². The van der Waals surface area contributed by atoms with E-state index in [-0.39, 0.29) is 40.0 Å². The smallest absolute Gasteiger partial charge is 0.263 e. The van der Waals surface area contributed by atoms with Crippen LogP contribution < -0.4 is 10.5 Å². The van der Waals surface area contributed by atoms with Gasteiger partial charge in [0.1, 0.15) is 10.6 Å². The normalized spacial score (nSPS) is 11.3. The first-order valence-electron chi connectivity index (χ1n) is 8.56. The fourth-order valence-corrected chi connectivity index (χ4v) is 4.15. The first kappa shape index (κ1) is 21.6. The van der Waals surface area contributed by atoms with E-state index in [0.717, 1.165) is 18.2 Å². The number of carbonyl (C=O) groups excluding carboxylic acids is 1. The lowest BCUT2D eigenvalue weighted by Crippen LogP contribution is -2.15. The van der Waals surface area contributed by atoms with Crippen molar-refractivity contribution in [2.24, 2.45) is 0 Å². The first-order chi connectivity index (χ1) is 14.1. The van der Waals surface area contributed by atoms with E-state index < -0.39 is 32.2 Å². The maximum Gasteiger partial charge on any atom is 0.263 e. The van der Waals surface area contributed by atoms with E-state index in [2.05, 4.69) is 9.97 Å². The zero-order chi connectivity index (χ0) is 22.1. The predicted molar refractivity (Wildman–Crippen MR) is 109 cm³/mol. The monoisotopic (exact) mass is 452 g/mol. The van der Waals surface area contributed by atoms with Crippen molar-refractivity contribution in [1.29, 1.82) is 0 Å². The molecule has 0 saturated heterocycles. The molecule has 1 heterocycles. The Morgan fingerprint density at radius 1 is 1.23 bits per heavy atom. The topological polar surface area (TPSA) is 115 Å². The average Bonchev–Trinajstić information content (AvgIpc) is 2.71. The van der Waals surface area contributed by atoms with E-state index >= 15 is 0 Å². The second kappa shape index (κ2) is 8.33. The summed E-state index contributed by atoms with van der Waals surface area (Å²) in [4.78, 5) is 19.7. The molecular weight excluding hydrogens is 438 g/mol. The third kappa shape index (κ3) is 4.24. The largest absolute Gasteiger partial charge is 0.382 e. The molecule has 7 nitrogen and oxygen atoms in total. The van der Waals surface area contributed by atoms with Gasteiger partial charge in [-0.25, -0.2) is 27.2 Å². The van der Waals surface area contributed by atoms with E-state index in [0.29, 0.717) is 0 Å². The number of Topliss-reactive ketones (excluding diaryl/α,β-unsaturated/α-hetero) is 1. The number of benzene rings is 2. The van der Waals surface area contributed by atoms with Crippen LogP contribution in [0.15, 0.2) is 47.5 Å². The lowest BCUT2D eigenvalue weighted by molar-refractivity contribution is 0.0984. The molecule has 2 aromatic carbocycles. The Bertz CT molecular complexity index is 1250. The molecule has 0 fully saturated rings.